The normalized spacial score (nSPS) is 10.8. The lowest BCUT2D eigenvalue weighted by molar-refractivity contribution is 0.243. The summed E-state index contributed by atoms with van der Waals surface area (Å²) in [5.41, 5.74) is 1.92. The third kappa shape index (κ3) is 6.08. The molecule has 0 radical (unpaired) electrons. The number of methoxy groups -OCH3 is 4. The van der Waals surface area contributed by atoms with Gasteiger partial charge in [0.1, 0.15) is 0 Å². The molecule has 0 spiro atoms. The molecule has 0 aliphatic rings. The van der Waals surface area contributed by atoms with Crippen LogP contribution in [-0.4, -0.2) is 35.0 Å². The SMILES string of the molecule is COc1cc(Cl)c(CNCc2cc(OC)c(OCC(C)C)c(OC)c2)cc1OC. The highest BCUT2D eigenvalue weighted by Crippen LogP contribution is 2.39. The van der Waals surface area contributed by atoms with E-state index in [9.17, 15) is 0 Å². The summed E-state index contributed by atoms with van der Waals surface area (Å²) in [6.45, 7) is 5.94. The molecule has 6 nitrogen and oxygen atoms in total. The zero-order valence-electron chi connectivity index (χ0n) is 17.9. The monoisotopic (exact) mass is 423 g/mol. The summed E-state index contributed by atoms with van der Waals surface area (Å²) in [5.74, 6) is 3.56. The fraction of sp³-hybridized carbons (Fsp3) is 0.455. The number of hydrogen-bond donors (Lipinski definition) is 1. The number of hydrogen-bond acceptors (Lipinski definition) is 6. The fourth-order valence-corrected chi connectivity index (χ4v) is 3.02. The van der Waals surface area contributed by atoms with Gasteiger partial charge in [-0.1, -0.05) is 25.4 Å². The number of nitrogens with one attached hydrogen (secondary N) is 1. The molecule has 0 saturated heterocycles. The maximum absolute atomic E-state index is 6.36. The largest absolute Gasteiger partial charge is 0.493 e. The molecule has 0 fully saturated rings. The van der Waals surface area contributed by atoms with Gasteiger partial charge in [-0.3, -0.25) is 0 Å². The highest BCUT2D eigenvalue weighted by atomic mass is 35.5. The first-order valence-electron chi connectivity index (χ1n) is 9.42. The van der Waals surface area contributed by atoms with Crippen molar-refractivity contribution in [3.63, 3.8) is 0 Å². The van der Waals surface area contributed by atoms with Gasteiger partial charge in [0.25, 0.3) is 0 Å². The Morgan fingerprint density at radius 1 is 0.793 bits per heavy atom. The molecule has 0 aliphatic carbocycles. The molecule has 160 valence electrons. The number of benzene rings is 2. The molecule has 0 bridgehead atoms. The van der Waals surface area contributed by atoms with E-state index >= 15 is 0 Å². The summed E-state index contributed by atoms with van der Waals surface area (Å²) >= 11 is 6.36. The third-order valence-corrected chi connectivity index (χ3v) is 4.63. The summed E-state index contributed by atoms with van der Waals surface area (Å²) < 4.78 is 27.5. The van der Waals surface area contributed by atoms with Crippen molar-refractivity contribution in [1.82, 2.24) is 5.32 Å². The maximum Gasteiger partial charge on any atom is 0.203 e. The Hall–Kier alpha value is -2.31. The molecule has 7 heteroatoms. The summed E-state index contributed by atoms with van der Waals surface area (Å²) in [6.07, 6.45) is 0. The molecule has 1 N–H and O–H groups in total. The Kier molecular flexibility index (Phi) is 8.73. The highest BCUT2D eigenvalue weighted by Gasteiger charge is 2.15. The minimum atomic E-state index is 0.400. The van der Waals surface area contributed by atoms with E-state index in [1.165, 1.54) is 0 Å². The van der Waals surface area contributed by atoms with Crippen LogP contribution in [0.4, 0.5) is 0 Å². The Balaban J connectivity index is 2.13. The zero-order chi connectivity index (χ0) is 21.4. The quantitative estimate of drug-likeness (QED) is 0.565. The van der Waals surface area contributed by atoms with Crippen molar-refractivity contribution < 1.29 is 23.7 Å². The lowest BCUT2D eigenvalue weighted by Crippen LogP contribution is -2.14. The van der Waals surface area contributed by atoms with Gasteiger partial charge in [-0.2, -0.15) is 0 Å². The number of rotatable bonds is 11. The van der Waals surface area contributed by atoms with Crippen LogP contribution in [0, 0.1) is 5.92 Å². The van der Waals surface area contributed by atoms with E-state index in [0.717, 1.165) is 11.1 Å². The van der Waals surface area contributed by atoms with Crippen molar-refractivity contribution in [3.8, 4) is 28.7 Å². The highest BCUT2D eigenvalue weighted by molar-refractivity contribution is 6.31. The molecule has 0 heterocycles. The van der Waals surface area contributed by atoms with Crippen LogP contribution in [0.3, 0.4) is 0 Å². The van der Waals surface area contributed by atoms with E-state index in [-0.39, 0.29) is 0 Å². The average molecular weight is 424 g/mol. The van der Waals surface area contributed by atoms with E-state index in [2.05, 4.69) is 19.2 Å². The molecule has 0 aromatic heterocycles. The zero-order valence-corrected chi connectivity index (χ0v) is 18.7. The predicted molar refractivity (Wildman–Crippen MR) is 115 cm³/mol. The molecule has 2 aromatic carbocycles. The lowest BCUT2D eigenvalue weighted by Gasteiger charge is -2.17. The molecule has 0 saturated carbocycles. The summed E-state index contributed by atoms with van der Waals surface area (Å²) in [6, 6.07) is 7.52. The second-order valence-electron chi connectivity index (χ2n) is 6.94. The first kappa shape index (κ1) is 23.0. The smallest absolute Gasteiger partial charge is 0.203 e. The summed E-state index contributed by atoms with van der Waals surface area (Å²) in [4.78, 5) is 0. The molecular weight excluding hydrogens is 394 g/mol. The third-order valence-electron chi connectivity index (χ3n) is 4.28. The van der Waals surface area contributed by atoms with Crippen molar-refractivity contribution in [3.05, 3.63) is 40.4 Å². The van der Waals surface area contributed by atoms with Gasteiger partial charge in [-0.15, -0.1) is 0 Å². The van der Waals surface area contributed by atoms with Crippen LogP contribution < -0.4 is 29.0 Å². The number of ether oxygens (including phenoxy) is 5. The van der Waals surface area contributed by atoms with E-state index in [1.807, 2.05) is 18.2 Å². The van der Waals surface area contributed by atoms with Crippen LogP contribution in [-0.2, 0) is 13.1 Å². The summed E-state index contributed by atoms with van der Waals surface area (Å²) in [7, 11) is 6.43. The van der Waals surface area contributed by atoms with Crippen LogP contribution in [0.25, 0.3) is 0 Å². The Morgan fingerprint density at radius 3 is 1.86 bits per heavy atom. The van der Waals surface area contributed by atoms with Crippen molar-refractivity contribution in [1.29, 1.82) is 0 Å². The first-order chi connectivity index (χ1) is 13.9. The molecule has 0 atom stereocenters. The molecule has 2 rings (SSSR count). The topological polar surface area (TPSA) is 58.2 Å². The van der Waals surface area contributed by atoms with Gasteiger partial charge in [-0.25, -0.2) is 0 Å². The molecule has 29 heavy (non-hydrogen) atoms. The molecular formula is C22H30ClNO5. The van der Waals surface area contributed by atoms with Crippen LogP contribution >= 0.6 is 11.6 Å². The molecule has 0 amide bonds. The van der Waals surface area contributed by atoms with Gasteiger partial charge < -0.3 is 29.0 Å². The second-order valence-corrected chi connectivity index (χ2v) is 7.34. The van der Waals surface area contributed by atoms with Crippen LogP contribution in [0.5, 0.6) is 28.7 Å². The minimum Gasteiger partial charge on any atom is -0.493 e. The van der Waals surface area contributed by atoms with Gasteiger partial charge in [-0.05, 0) is 35.2 Å². The fourth-order valence-electron chi connectivity index (χ4n) is 2.80. The second kappa shape index (κ2) is 11.0. The van der Waals surface area contributed by atoms with Gasteiger partial charge >= 0.3 is 0 Å². The van der Waals surface area contributed by atoms with E-state index in [4.69, 9.17) is 35.3 Å². The van der Waals surface area contributed by atoms with Crippen molar-refractivity contribution in [2.75, 3.05) is 35.0 Å². The standard InChI is InChI=1S/C22H30ClNO5/c1-14(2)13-29-22-20(27-5)7-15(8-21(22)28-6)11-24-12-16-9-18(25-3)19(26-4)10-17(16)23/h7-10,14,24H,11-13H2,1-6H3. The molecule has 0 aliphatic heterocycles. The predicted octanol–water partition coefficient (Wildman–Crippen LogP) is 4.70. The van der Waals surface area contributed by atoms with Gasteiger partial charge in [0.2, 0.25) is 5.75 Å². The Morgan fingerprint density at radius 2 is 1.34 bits per heavy atom. The lowest BCUT2D eigenvalue weighted by atomic mass is 10.1. The van der Waals surface area contributed by atoms with Crippen molar-refractivity contribution >= 4 is 11.6 Å². The first-order valence-corrected chi connectivity index (χ1v) is 9.80. The van der Waals surface area contributed by atoms with E-state index in [0.29, 0.717) is 59.4 Å². The van der Waals surface area contributed by atoms with Gasteiger partial charge in [0, 0.05) is 24.2 Å². The van der Waals surface area contributed by atoms with Crippen molar-refractivity contribution in [2.24, 2.45) is 5.92 Å². The van der Waals surface area contributed by atoms with E-state index in [1.54, 1.807) is 34.5 Å². The van der Waals surface area contributed by atoms with Gasteiger partial charge in [0.05, 0.1) is 35.0 Å². The van der Waals surface area contributed by atoms with Crippen LogP contribution in [0.15, 0.2) is 24.3 Å². The molecule has 0 unspecified atom stereocenters. The van der Waals surface area contributed by atoms with Gasteiger partial charge in [0.15, 0.2) is 23.0 Å². The Bertz CT molecular complexity index is 785. The van der Waals surface area contributed by atoms with Crippen LogP contribution in [0.2, 0.25) is 5.02 Å². The Labute approximate surface area is 178 Å². The van der Waals surface area contributed by atoms with E-state index < -0.39 is 0 Å². The minimum absolute atomic E-state index is 0.400. The van der Waals surface area contributed by atoms with Crippen molar-refractivity contribution in [2.45, 2.75) is 26.9 Å². The summed E-state index contributed by atoms with van der Waals surface area (Å²) in [5, 5.41) is 4.00. The maximum atomic E-state index is 6.36. The number of halogens is 1. The average Bonchev–Trinajstić information content (AvgIpc) is 2.72. The van der Waals surface area contributed by atoms with Crippen LogP contribution in [0.1, 0.15) is 25.0 Å². The molecule has 2 aromatic rings.